The lowest BCUT2D eigenvalue weighted by Crippen LogP contribution is -2.39. The predicted molar refractivity (Wildman–Crippen MR) is 121 cm³/mol. The molecule has 8 heteroatoms. The average Bonchev–Trinajstić information content (AvgIpc) is 3.38. The number of halogens is 1. The van der Waals surface area contributed by atoms with Crippen LogP contribution in [-0.4, -0.2) is 24.0 Å². The van der Waals surface area contributed by atoms with Crippen LogP contribution in [0.25, 0.3) is 10.8 Å². The van der Waals surface area contributed by atoms with Crippen molar-refractivity contribution in [1.82, 2.24) is 15.6 Å². The fourth-order valence-electron chi connectivity index (χ4n) is 2.32. The summed E-state index contributed by atoms with van der Waals surface area (Å²) in [5.74, 6) is 1.89. The van der Waals surface area contributed by atoms with Crippen molar-refractivity contribution in [3.05, 3.63) is 51.9 Å². The molecule has 0 saturated carbocycles. The minimum Gasteiger partial charge on any atom is -0.443 e. The highest BCUT2D eigenvalue weighted by atomic mass is 127. The fourth-order valence-corrected chi connectivity index (χ4v) is 3.76. The normalized spacial score (nSPS) is 12.5. The zero-order valence-corrected chi connectivity index (χ0v) is 18.7. The van der Waals surface area contributed by atoms with Crippen molar-refractivity contribution in [2.75, 3.05) is 13.1 Å². The number of nitrogens with zero attached hydrogens (tertiary/aromatic N) is 2. The molecule has 3 aromatic rings. The lowest BCUT2D eigenvalue weighted by atomic mass is 10.1. The number of aromatic nitrogens is 1. The topological polar surface area (TPSA) is 62.5 Å². The Kier molecular flexibility index (Phi) is 8.60. The molecule has 0 aliphatic carbocycles. The van der Waals surface area contributed by atoms with Gasteiger partial charge in [0.2, 0.25) is 5.89 Å². The average molecular weight is 502 g/mol. The van der Waals surface area contributed by atoms with Gasteiger partial charge in [0.25, 0.3) is 0 Å². The number of aliphatic imine (C=N–C) groups is 1. The maximum atomic E-state index is 5.54. The van der Waals surface area contributed by atoms with Crippen LogP contribution >= 0.6 is 46.7 Å². The van der Waals surface area contributed by atoms with Crippen LogP contribution in [0.3, 0.4) is 0 Å². The summed E-state index contributed by atoms with van der Waals surface area (Å²) in [6.07, 6.45) is 1.68. The van der Waals surface area contributed by atoms with Gasteiger partial charge in [-0.25, -0.2) is 9.98 Å². The van der Waals surface area contributed by atoms with Crippen LogP contribution in [0.5, 0.6) is 0 Å². The van der Waals surface area contributed by atoms with E-state index in [0.29, 0.717) is 18.4 Å². The summed E-state index contributed by atoms with van der Waals surface area (Å²) in [6.45, 7) is 6.41. The summed E-state index contributed by atoms with van der Waals surface area (Å²) in [4.78, 5) is 10.1. The fraction of sp³-hybridized carbons (Fsp3) is 0.333. The van der Waals surface area contributed by atoms with Gasteiger partial charge in [0, 0.05) is 13.1 Å². The van der Waals surface area contributed by atoms with E-state index in [1.165, 1.54) is 5.56 Å². The molecule has 0 spiro atoms. The number of thiophene rings is 2. The van der Waals surface area contributed by atoms with E-state index < -0.39 is 0 Å². The highest BCUT2D eigenvalue weighted by Crippen LogP contribution is 2.23. The lowest BCUT2D eigenvalue weighted by Gasteiger charge is -2.15. The monoisotopic (exact) mass is 502 g/mol. The van der Waals surface area contributed by atoms with E-state index in [2.05, 4.69) is 51.3 Å². The highest BCUT2D eigenvalue weighted by Gasteiger charge is 2.09. The number of nitrogens with one attached hydrogen (secondary N) is 2. The molecule has 0 bridgehead atoms. The summed E-state index contributed by atoms with van der Waals surface area (Å²) in [5.41, 5.74) is 2.18. The van der Waals surface area contributed by atoms with E-state index in [1.807, 2.05) is 17.5 Å². The molecule has 0 aliphatic heterocycles. The zero-order valence-electron chi connectivity index (χ0n) is 14.8. The van der Waals surface area contributed by atoms with Crippen molar-refractivity contribution in [2.24, 2.45) is 4.99 Å². The number of oxazole rings is 1. The van der Waals surface area contributed by atoms with E-state index in [1.54, 1.807) is 28.9 Å². The molecule has 5 nitrogen and oxygen atoms in total. The van der Waals surface area contributed by atoms with Crippen LogP contribution in [0.15, 0.2) is 50.0 Å². The molecule has 0 aromatic carbocycles. The van der Waals surface area contributed by atoms with Crippen molar-refractivity contribution in [3.63, 3.8) is 0 Å². The van der Waals surface area contributed by atoms with Crippen LogP contribution in [0, 0.1) is 0 Å². The molecule has 0 amide bonds. The molecule has 0 aliphatic rings. The van der Waals surface area contributed by atoms with Gasteiger partial charge in [0.1, 0.15) is 12.0 Å². The van der Waals surface area contributed by atoms with Gasteiger partial charge in [-0.1, -0.05) is 13.0 Å². The van der Waals surface area contributed by atoms with Gasteiger partial charge in [-0.3, -0.25) is 0 Å². The Bertz CT molecular complexity index is 784. The van der Waals surface area contributed by atoms with Crippen LogP contribution in [0.2, 0.25) is 0 Å². The van der Waals surface area contributed by atoms with Gasteiger partial charge in [-0.2, -0.15) is 11.3 Å². The molecule has 0 radical (unpaired) electrons. The third-order valence-corrected chi connectivity index (χ3v) is 5.27. The SMILES string of the molecule is CCNC(=NCc1coc(-c2cccs2)n1)NCC(C)c1ccsc1.I. The Hall–Kier alpha value is -1.39. The number of rotatable bonds is 7. The lowest BCUT2D eigenvalue weighted by molar-refractivity contribution is 0.574. The minimum absolute atomic E-state index is 0. The van der Waals surface area contributed by atoms with Gasteiger partial charge in [-0.05, 0) is 46.7 Å². The quantitative estimate of drug-likeness (QED) is 0.273. The zero-order chi connectivity index (χ0) is 17.5. The van der Waals surface area contributed by atoms with E-state index in [9.17, 15) is 0 Å². The smallest absolute Gasteiger partial charge is 0.236 e. The molecule has 0 fully saturated rings. The summed E-state index contributed by atoms with van der Waals surface area (Å²) in [6, 6.07) is 6.16. The Morgan fingerprint density at radius 3 is 2.88 bits per heavy atom. The van der Waals surface area contributed by atoms with E-state index in [-0.39, 0.29) is 24.0 Å². The van der Waals surface area contributed by atoms with Gasteiger partial charge in [0.05, 0.1) is 11.4 Å². The van der Waals surface area contributed by atoms with Gasteiger partial charge < -0.3 is 15.1 Å². The Labute approximate surface area is 179 Å². The number of hydrogen-bond acceptors (Lipinski definition) is 5. The van der Waals surface area contributed by atoms with Crippen LogP contribution < -0.4 is 10.6 Å². The van der Waals surface area contributed by atoms with E-state index in [4.69, 9.17) is 4.42 Å². The Morgan fingerprint density at radius 2 is 2.19 bits per heavy atom. The maximum absolute atomic E-state index is 5.54. The standard InChI is InChI=1S/C18H22N4OS2.HI/c1-3-19-18(20-9-13(2)14-6-8-24-12-14)21-10-15-11-23-17(22-15)16-5-4-7-25-16;/h4-8,11-13H,3,9-10H2,1-2H3,(H2,19,20,21);1H. The Morgan fingerprint density at radius 1 is 1.31 bits per heavy atom. The molecule has 0 saturated heterocycles. The first-order valence-electron chi connectivity index (χ1n) is 8.28. The molecule has 1 unspecified atom stereocenters. The molecular formula is C18H23IN4OS2. The van der Waals surface area contributed by atoms with Gasteiger partial charge in [-0.15, -0.1) is 35.3 Å². The summed E-state index contributed by atoms with van der Waals surface area (Å²) < 4.78 is 5.54. The van der Waals surface area contributed by atoms with Crippen LogP contribution in [0.4, 0.5) is 0 Å². The van der Waals surface area contributed by atoms with Crippen molar-refractivity contribution < 1.29 is 4.42 Å². The minimum atomic E-state index is 0. The molecule has 140 valence electrons. The second kappa shape index (κ2) is 10.7. The van der Waals surface area contributed by atoms with Crippen LogP contribution in [-0.2, 0) is 6.54 Å². The summed E-state index contributed by atoms with van der Waals surface area (Å²) in [7, 11) is 0. The second-order valence-electron chi connectivity index (χ2n) is 5.66. The highest BCUT2D eigenvalue weighted by molar-refractivity contribution is 14.0. The second-order valence-corrected chi connectivity index (χ2v) is 7.38. The number of hydrogen-bond donors (Lipinski definition) is 2. The molecule has 3 rings (SSSR count). The Balaban J connectivity index is 0.00000243. The van der Waals surface area contributed by atoms with Crippen molar-refractivity contribution in [2.45, 2.75) is 26.3 Å². The van der Waals surface area contributed by atoms with E-state index in [0.717, 1.165) is 29.6 Å². The van der Waals surface area contributed by atoms with Crippen molar-refractivity contribution in [1.29, 1.82) is 0 Å². The molecule has 26 heavy (non-hydrogen) atoms. The summed E-state index contributed by atoms with van der Waals surface area (Å²) in [5, 5.41) is 13.0. The first-order valence-corrected chi connectivity index (χ1v) is 10.1. The van der Waals surface area contributed by atoms with Crippen molar-refractivity contribution in [3.8, 4) is 10.8 Å². The molecular weight excluding hydrogens is 479 g/mol. The van der Waals surface area contributed by atoms with Crippen LogP contribution in [0.1, 0.15) is 31.0 Å². The maximum Gasteiger partial charge on any atom is 0.236 e. The first kappa shape index (κ1) is 20.9. The molecule has 1 atom stereocenters. The van der Waals surface area contributed by atoms with Crippen molar-refractivity contribution >= 4 is 52.6 Å². The largest absolute Gasteiger partial charge is 0.443 e. The summed E-state index contributed by atoms with van der Waals surface area (Å²) >= 11 is 3.35. The van der Waals surface area contributed by atoms with E-state index >= 15 is 0 Å². The molecule has 3 aromatic heterocycles. The third-order valence-electron chi connectivity index (χ3n) is 3.72. The van der Waals surface area contributed by atoms with Gasteiger partial charge in [0.15, 0.2) is 5.96 Å². The molecule has 2 N–H and O–H groups in total. The first-order chi connectivity index (χ1) is 12.3. The molecule has 3 heterocycles. The number of guanidine groups is 1. The predicted octanol–water partition coefficient (Wildman–Crippen LogP) is 4.94. The van der Waals surface area contributed by atoms with Gasteiger partial charge >= 0.3 is 0 Å². The third kappa shape index (κ3) is 5.82.